The average molecular weight is 415 g/mol. The van der Waals surface area contributed by atoms with Gasteiger partial charge in [0.1, 0.15) is 10.7 Å². The Morgan fingerprint density at radius 3 is 2.66 bits per heavy atom. The largest absolute Gasteiger partial charge is 0.481 e. The Balaban J connectivity index is 2.19. The zero-order valence-corrected chi connectivity index (χ0v) is 18.1. The van der Waals surface area contributed by atoms with Crippen LogP contribution in [0.15, 0.2) is 23.0 Å². The van der Waals surface area contributed by atoms with Crippen LogP contribution in [0.4, 0.5) is 0 Å². The number of nitrogens with zero attached hydrogens (tertiary/aromatic N) is 2. The molecule has 154 valence electrons. The maximum absolute atomic E-state index is 13.5. The molecule has 0 unspecified atom stereocenters. The van der Waals surface area contributed by atoms with Crippen LogP contribution in [0.2, 0.25) is 0 Å². The van der Waals surface area contributed by atoms with Gasteiger partial charge in [0.2, 0.25) is 0 Å². The van der Waals surface area contributed by atoms with E-state index in [1.54, 1.807) is 11.7 Å². The highest BCUT2D eigenvalue weighted by Gasteiger charge is 2.20. The second kappa shape index (κ2) is 8.88. The summed E-state index contributed by atoms with van der Waals surface area (Å²) >= 11 is 1.52. The number of fused-ring (bicyclic) bond motifs is 1. The third-order valence-electron chi connectivity index (χ3n) is 5.16. The van der Waals surface area contributed by atoms with E-state index < -0.39 is 5.97 Å². The molecule has 2 heterocycles. The van der Waals surface area contributed by atoms with Crippen molar-refractivity contribution in [3.05, 3.63) is 50.4 Å². The van der Waals surface area contributed by atoms with Gasteiger partial charge in [0, 0.05) is 36.9 Å². The molecule has 7 heteroatoms. The van der Waals surface area contributed by atoms with E-state index >= 15 is 0 Å². The standard InChI is InChI=1S/C22H26N2O4S/c1-13-7-8-16(12-14(13)2)19-15(3)29-21-20(19)22(27)24(10-5-6-18(25)26)17(23-21)9-11-28-4/h7-8,12H,5-6,9-11H2,1-4H3,(H,25,26). The minimum absolute atomic E-state index is 0.0148. The third-order valence-corrected chi connectivity index (χ3v) is 6.16. The summed E-state index contributed by atoms with van der Waals surface area (Å²) < 4.78 is 6.80. The summed E-state index contributed by atoms with van der Waals surface area (Å²) in [6.45, 7) is 6.92. The van der Waals surface area contributed by atoms with E-state index in [1.807, 2.05) is 13.0 Å². The van der Waals surface area contributed by atoms with Crippen molar-refractivity contribution in [2.24, 2.45) is 0 Å². The number of carboxylic acids is 1. The minimum atomic E-state index is -0.868. The number of carboxylic acid groups (broad SMARTS) is 1. The van der Waals surface area contributed by atoms with E-state index in [1.165, 1.54) is 22.5 Å². The first-order valence-electron chi connectivity index (χ1n) is 9.64. The van der Waals surface area contributed by atoms with Gasteiger partial charge >= 0.3 is 5.97 Å². The van der Waals surface area contributed by atoms with Gasteiger partial charge in [0.25, 0.3) is 5.56 Å². The molecule has 1 aromatic carbocycles. The SMILES string of the molecule is COCCc1nc2sc(C)c(-c3ccc(C)c(C)c3)c2c(=O)n1CCCC(=O)O. The van der Waals surface area contributed by atoms with Crippen molar-refractivity contribution >= 4 is 27.5 Å². The maximum Gasteiger partial charge on any atom is 0.303 e. The van der Waals surface area contributed by atoms with Gasteiger partial charge in [-0.15, -0.1) is 11.3 Å². The summed E-state index contributed by atoms with van der Waals surface area (Å²) in [5.74, 6) is -0.227. The van der Waals surface area contributed by atoms with Crippen LogP contribution in [-0.4, -0.2) is 34.3 Å². The van der Waals surface area contributed by atoms with Crippen molar-refractivity contribution in [2.45, 2.75) is 46.6 Å². The van der Waals surface area contributed by atoms with E-state index in [0.717, 1.165) is 20.8 Å². The first-order valence-corrected chi connectivity index (χ1v) is 10.5. The first kappa shape index (κ1) is 21.2. The number of methoxy groups -OCH3 is 1. The van der Waals surface area contributed by atoms with Gasteiger partial charge in [-0.25, -0.2) is 4.98 Å². The molecule has 0 aliphatic carbocycles. The Labute approximate surface area is 173 Å². The lowest BCUT2D eigenvalue weighted by molar-refractivity contribution is -0.137. The van der Waals surface area contributed by atoms with Crippen LogP contribution in [0.3, 0.4) is 0 Å². The number of ether oxygens (including phenoxy) is 1. The highest BCUT2D eigenvalue weighted by Crippen LogP contribution is 2.36. The summed E-state index contributed by atoms with van der Waals surface area (Å²) in [4.78, 5) is 31.0. The van der Waals surface area contributed by atoms with Crippen LogP contribution in [-0.2, 0) is 22.5 Å². The molecule has 0 saturated heterocycles. The van der Waals surface area contributed by atoms with Crippen molar-refractivity contribution in [3.63, 3.8) is 0 Å². The molecule has 0 atom stereocenters. The van der Waals surface area contributed by atoms with Gasteiger partial charge in [-0.05, 0) is 43.9 Å². The molecule has 0 radical (unpaired) electrons. The molecule has 3 aromatic rings. The number of carbonyl (C=O) groups is 1. The molecule has 2 aromatic heterocycles. The van der Waals surface area contributed by atoms with Crippen LogP contribution >= 0.6 is 11.3 Å². The summed E-state index contributed by atoms with van der Waals surface area (Å²) in [5, 5.41) is 9.58. The van der Waals surface area contributed by atoms with Crippen LogP contribution in [0, 0.1) is 20.8 Å². The van der Waals surface area contributed by atoms with Crippen molar-refractivity contribution < 1.29 is 14.6 Å². The summed E-state index contributed by atoms with van der Waals surface area (Å²) in [5.41, 5.74) is 4.21. The van der Waals surface area contributed by atoms with Crippen molar-refractivity contribution in [1.82, 2.24) is 9.55 Å². The Morgan fingerprint density at radius 2 is 2.00 bits per heavy atom. The van der Waals surface area contributed by atoms with Gasteiger partial charge in [-0.3, -0.25) is 14.2 Å². The van der Waals surface area contributed by atoms with Gasteiger partial charge < -0.3 is 9.84 Å². The summed E-state index contributed by atoms with van der Waals surface area (Å²) in [6.07, 6.45) is 0.899. The normalized spacial score (nSPS) is 11.3. The Morgan fingerprint density at radius 1 is 1.24 bits per heavy atom. The lowest BCUT2D eigenvalue weighted by atomic mass is 9.99. The molecule has 1 N–H and O–H groups in total. The molecule has 0 aliphatic heterocycles. The van der Waals surface area contributed by atoms with Gasteiger partial charge in [-0.2, -0.15) is 0 Å². The monoisotopic (exact) mass is 414 g/mol. The van der Waals surface area contributed by atoms with Crippen LogP contribution in [0.25, 0.3) is 21.3 Å². The Bertz CT molecular complexity index is 1110. The van der Waals surface area contributed by atoms with E-state index in [2.05, 4.69) is 26.0 Å². The second-order valence-electron chi connectivity index (χ2n) is 7.24. The lowest BCUT2D eigenvalue weighted by Crippen LogP contribution is -2.26. The molecule has 29 heavy (non-hydrogen) atoms. The smallest absolute Gasteiger partial charge is 0.303 e. The molecule has 3 rings (SSSR count). The lowest BCUT2D eigenvalue weighted by Gasteiger charge is -2.13. The molecular formula is C22H26N2O4S. The van der Waals surface area contributed by atoms with E-state index in [-0.39, 0.29) is 12.0 Å². The zero-order valence-electron chi connectivity index (χ0n) is 17.2. The highest BCUT2D eigenvalue weighted by atomic mass is 32.1. The van der Waals surface area contributed by atoms with Crippen molar-refractivity contribution in [1.29, 1.82) is 0 Å². The molecular weight excluding hydrogens is 388 g/mol. The number of benzene rings is 1. The highest BCUT2D eigenvalue weighted by molar-refractivity contribution is 7.19. The zero-order chi connectivity index (χ0) is 21.1. The Hall–Kier alpha value is -2.51. The molecule has 0 saturated carbocycles. The number of aryl methyl sites for hydroxylation is 3. The average Bonchev–Trinajstić information content (AvgIpc) is 3.00. The molecule has 0 aliphatic rings. The second-order valence-corrected chi connectivity index (χ2v) is 8.44. The fraction of sp³-hybridized carbons (Fsp3) is 0.409. The molecule has 0 amide bonds. The van der Waals surface area contributed by atoms with Gasteiger partial charge in [0.15, 0.2) is 0 Å². The van der Waals surface area contributed by atoms with Gasteiger partial charge in [-0.1, -0.05) is 18.2 Å². The molecule has 0 spiro atoms. The fourth-order valence-corrected chi connectivity index (χ4v) is 4.54. The number of rotatable bonds is 8. The van der Waals surface area contributed by atoms with Crippen LogP contribution in [0.5, 0.6) is 0 Å². The number of hydrogen-bond donors (Lipinski definition) is 1. The number of aliphatic carboxylic acids is 1. The van der Waals surface area contributed by atoms with Crippen LogP contribution < -0.4 is 5.56 Å². The number of aromatic nitrogens is 2. The quantitative estimate of drug-likeness (QED) is 0.600. The number of hydrogen-bond acceptors (Lipinski definition) is 5. The number of thiophene rings is 1. The molecule has 6 nitrogen and oxygen atoms in total. The molecule has 0 bridgehead atoms. The van der Waals surface area contributed by atoms with E-state index in [9.17, 15) is 9.59 Å². The predicted octanol–water partition coefficient (Wildman–Crippen LogP) is 4.10. The summed E-state index contributed by atoms with van der Waals surface area (Å²) in [7, 11) is 1.61. The van der Waals surface area contributed by atoms with Gasteiger partial charge in [0.05, 0.1) is 12.0 Å². The topological polar surface area (TPSA) is 81.4 Å². The fourth-order valence-electron chi connectivity index (χ4n) is 3.48. The first-order chi connectivity index (χ1) is 13.8. The van der Waals surface area contributed by atoms with E-state index in [4.69, 9.17) is 14.8 Å². The Kier molecular flexibility index (Phi) is 6.49. The van der Waals surface area contributed by atoms with Crippen molar-refractivity contribution in [3.8, 4) is 11.1 Å². The predicted molar refractivity (Wildman–Crippen MR) is 116 cm³/mol. The minimum Gasteiger partial charge on any atom is -0.481 e. The van der Waals surface area contributed by atoms with Crippen LogP contribution in [0.1, 0.15) is 34.7 Å². The summed E-state index contributed by atoms with van der Waals surface area (Å²) in [6, 6.07) is 6.22. The van der Waals surface area contributed by atoms with E-state index in [0.29, 0.717) is 37.2 Å². The maximum atomic E-state index is 13.5. The van der Waals surface area contributed by atoms with Crippen molar-refractivity contribution in [2.75, 3.05) is 13.7 Å². The third kappa shape index (κ3) is 4.41. The molecule has 0 fully saturated rings.